The van der Waals surface area contributed by atoms with E-state index < -0.39 is 0 Å². The van der Waals surface area contributed by atoms with E-state index in [2.05, 4.69) is 16.2 Å². The smallest absolute Gasteiger partial charge is 0.170 e. The molecule has 2 aromatic heterocycles. The average molecular weight is 294 g/mol. The van der Waals surface area contributed by atoms with Crippen molar-refractivity contribution >= 4 is 5.65 Å². The highest BCUT2D eigenvalue weighted by Gasteiger charge is 2.20. The minimum Gasteiger partial charge on any atom is -0.493 e. The lowest BCUT2D eigenvalue weighted by Gasteiger charge is -2.11. The SMILES string of the molecule is COc1cccc(-c2nn3cccnc3c2CC#N)c1OC. The lowest BCUT2D eigenvalue weighted by molar-refractivity contribution is 0.356. The Morgan fingerprint density at radius 3 is 2.82 bits per heavy atom. The highest BCUT2D eigenvalue weighted by Crippen LogP contribution is 2.39. The Morgan fingerprint density at radius 1 is 1.23 bits per heavy atom. The summed E-state index contributed by atoms with van der Waals surface area (Å²) in [6.45, 7) is 0. The Bertz CT molecular complexity index is 864. The molecule has 0 N–H and O–H groups in total. The maximum absolute atomic E-state index is 9.13. The van der Waals surface area contributed by atoms with Crippen LogP contribution >= 0.6 is 0 Å². The molecule has 0 fully saturated rings. The molecule has 3 aromatic rings. The first kappa shape index (κ1) is 13.9. The first-order valence-electron chi connectivity index (χ1n) is 6.70. The second kappa shape index (κ2) is 5.74. The molecule has 0 radical (unpaired) electrons. The summed E-state index contributed by atoms with van der Waals surface area (Å²) in [4.78, 5) is 4.32. The van der Waals surface area contributed by atoms with Gasteiger partial charge in [-0.25, -0.2) is 9.50 Å². The molecule has 0 atom stereocenters. The summed E-state index contributed by atoms with van der Waals surface area (Å²) in [7, 11) is 3.17. The van der Waals surface area contributed by atoms with Crippen LogP contribution in [0, 0.1) is 11.3 Å². The number of nitriles is 1. The van der Waals surface area contributed by atoms with Gasteiger partial charge in [-0.3, -0.25) is 0 Å². The van der Waals surface area contributed by atoms with Crippen molar-refractivity contribution in [3.8, 4) is 28.8 Å². The fourth-order valence-corrected chi connectivity index (χ4v) is 2.47. The number of rotatable bonds is 4. The molecule has 0 unspecified atom stereocenters. The van der Waals surface area contributed by atoms with Crippen molar-refractivity contribution in [2.75, 3.05) is 14.2 Å². The van der Waals surface area contributed by atoms with Crippen molar-refractivity contribution in [2.24, 2.45) is 0 Å². The molecule has 2 heterocycles. The van der Waals surface area contributed by atoms with E-state index in [4.69, 9.17) is 14.7 Å². The zero-order valence-electron chi connectivity index (χ0n) is 12.3. The zero-order valence-corrected chi connectivity index (χ0v) is 12.3. The highest BCUT2D eigenvalue weighted by atomic mass is 16.5. The Labute approximate surface area is 127 Å². The van der Waals surface area contributed by atoms with E-state index in [9.17, 15) is 0 Å². The van der Waals surface area contributed by atoms with Crippen LogP contribution in [0.15, 0.2) is 36.7 Å². The predicted molar refractivity (Wildman–Crippen MR) is 80.8 cm³/mol. The molecule has 0 amide bonds. The molecule has 0 aliphatic carbocycles. The third-order valence-corrected chi connectivity index (χ3v) is 3.40. The van der Waals surface area contributed by atoms with Crippen LogP contribution in [0.4, 0.5) is 0 Å². The number of hydrogen-bond donors (Lipinski definition) is 0. The van der Waals surface area contributed by atoms with Gasteiger partial charge in [-0.05, 0) is 18.2 Å². The second-order valence-electron chi connectivity index (χ2n) is 4.59. The first-order chi connectivity index (χ1) is 10.8. The third kappa shape index (κ3) is 2.13. The largest absolute Gasteiger partial charge is 0.493 e. The van der Waals surface area contributed by atoms with Crippen LogP contribution in [0.3, 0.4) is 0 Å². The van der Waals surface area contributed by atoms with Crippen LogP contribution in [0.5, 0.6) is 11.5 Å². The van der Waals surface area contributed by atoms with Crippen molar-refractivity contribution in [2.45, 2.75) is 6.42 Å². The van der Waals surface area contributed by atoms with Gasteiger partial charge in [0.25, 0.3) is 0 Å². The van der Waals surface area contributed by atoms with Crippen molar-refractivity contribution in [1.82, 2.24) is 14.6 Å². The minimum atomic E-state index is 0.218. The Hall–Kier alpha value is -3.07. The number of hydrogen-bond acceptors (Lipinski definition) is 5. The van der Waals surface area contributed by atoms with E-state index in [0.29, 0.717) is 22.8 Å². The monoisotopic (exact) mass is 294 g/mol. The molecule has 0 saturated carbocycles. The molecule has 0 bridgehead atoms. The van der Waals surface area contributed by atoms with Gasteiger partial charge in [0.2, 0.25) is 0 Å². The van der Waals surface area contributed by atoms with Gasteiger partial charge in [0.05, 0.1) is 26.7 Å². The minimum absolute atomic E-state index is 0.218. The maximum Gasteiger partial charge on any atom is 0.170 e. The molecule has 6 nitrogen and oxygen atoms in total. The molecule has 0 aliphatic heterocycles. The Balaban J connectivity index is 2.31. The second-order valence-corrected chi connectivity index (χ2v) is 4.59. The molecule has 0 saturated heterocycles. The zero-order chi connectivity index (χ0) is 15.5. The van der Waals surface area contributed by atoms with Gasteiger partial charge in [0.1, 0.15) is 5.69 Å². The number of benzene rings is 1. The van der Waals surface area contributed by atoms with Crippen molar-refractivity contribution < 1.29 is 9.47 Å². The van der Waals surface area contributed by atoms with E-state index in [1.165, 1.54) is 0 Å². The first-order valence-corrected chi connectivity index (χ1v) is 6.70. The maximum atomic E-state index is 9.13. The van der Waals surface area contributed by atoms with Gasteiger partial charge < -0.3 is 9.47 Å². The molecule has 110 valence electrons. The van der Waals surface area contributed by atoms with Crippen LogP contribution in [0.25, 0.3) is 16.9 Å². The summed E-state index contributed by atoms with van der Waals surface area (Å²) in [5.41, 5.74) is 2.90. The fraction of sp³-hybridized carbons (Fsp3) is 0.188. The van der Waals surface area contributed by atoms with Crippen LogP contribution in [0.2, 0.25) is 0 Å². The highest BCUT2D eigenvalue weighted by molar-refractivity contribution is 5.77. The van der Waals surface area contributed by atoms with E-state index in [1.807, 2.05) is 18.2 Å². The fourth-order valence-electron chi connectivity index (χ4n) is 2.47. The lowest BCUT2D eigenvalue weighted by Crippen LogP contribution is -1.95. The number of para-hydroxylation sites is 1. The van der Waals surface area contributed by atoms with Crippen LogP contribution in [-0.4, -0.2) is 28.8 Å². The average Bonchev–Trinajstić information content (AvgIpc) is 2.93. The standard InChI is InChI=1S/C16H14N4O2/c1-21-13-6-3-5-11(15(13)22-2)14-12(7-8-17)16-18-9-4-10-20(16)19-14/h3-6,9-10H,7H2,1-2H3. The predicted octanol–water partition coefficient (Wildman–Crippen LogP) is 2.48. The molecular weight excluding hydrogens is 280 g/mol. The number of methoxy groups -OCH3 is 2. The summed E-state index contributed by atoms with van der Waals surface area (Å²) >= 11 is 0. The van der Waals surface area contributed by atoms with Crippen LogP contribution < -0.4 is 9.47 Å². The number of ether oxygens (including phenoxy) is 2. The molecule has 22 heavy (non-hydrogen) atoms. The van der Waals surface area contributed by atoms with Crippen LogP contribution in [0.1, 0.15) is 5.56 Å². The number of fused-ring (bicyclic) bond motifs is 1. The van der Waals surface area contributed by atoms with Gasteiger partial charge in [-0.2, -0.15) is 10.4 Å². The molecule has 0 aliphatic rings. The topological polar surface area (TPSA) is 72.4 Å². The third-order valence-electron chi connectivity index (χ3n) is 3.40. The quantitative estimate of drug-likeness (QED) is 0.739. The van der Waals surface area contributed by atoms with Crippen molar-refractivity contribution in [1.29, 1.82) is 5.26 Å². The van der Waals surface area contributed by atoms with Crippen LogP contribution in [-0.2, 0) is 6.42 Å². The summed E-state index contributed by atoms with van der Waals surface area (Å²) in [5.74, 6) is 1.21. The summed E-state index contributed by atoms with van der Waals surface area (Å²) in [5, 5.41) is 13.7. The number of aromatic nitrogens is 3. The summed E-state index contributed by atoms with van der Waals surface area (Å²) < 4.78 is 12.5. The van der Waals surface area contributed by atoms with Gasteiger partial charge >= 0.3 is 0 Å². The molecule has 6 heteroatoms. The summed E-state index contributed by atoms with van der Waals surface area (Å²) in [6.07, 6.45) is 3.71. The normalized spacial score (nSPS) is 10.4. The van der Waals surface area contributed by atoms with E-state index in [1.54, 1.807) is 37.2 Å². The number of nitrogens with zero attached hydrogens (tertiary/aromatic N) is 4. The van der Waals surface area contributed by atoms with Gasteiger partial charge in [-0.1, -0.05) is 6.07 Å². The van der Waals surface area contributed by atoms with E-state index >= 15 is 0 Å². The van der Waals surface area contributed by atoms with Gasteiger partial charge in [0, 0.05) is 23.5 Å². The molecule has 0 spiro atoms. The van der Waals surface area contributed by atoms with Crippen molar-refractivity contribution in [3.05, 3.63) is 42.2 Å². The summed E-state index contributed by atoms with van der Waals surface area (Å²) in [6, 6.07) is 9.55. The Kier molecular flexibility index (Phi) is 3.62. The molecular formula is C16H14N4O2. The molecule has 3 rings (SSSR count). The lowest BCUT2D eigenvalue weighted by atomic mass is 10.0. The van der Waals surface area contributed by atoms with Crippen molar-refractivity contribution in [3.63, 3.8) is 0 Å². The van der Waals surface area contributed by atoms with Gasteiger partial charge in [0.15, 0.2) is 17.1 Å². The molecule has 1 aromatic carbocycles. The Morgan fingerprint density at radius 2 is 2.09 bits per heavy atom. The van der Waals surface area contributed by atoms with E-state index in [0.717, 1.165) is 11.1 Å². The van der Waals surface area contributed by atoms with E-state index in [-0.39, 0.29) is 6.42 Å². The van der Waals surface area contributed by atoms with Gasteiger partial charge in [-0.15, -0.1) is 0 Å².